The summed E-state index contributed by atoms with van der Waals surface area (Å²) in [5.41, 5.74) is 8.61. The molecule has 7 heteroatoms. The Morgan fingerprint density at radius 1 is 1.08 bits per heavy atom. The van der Waals surface area contributed by atoms with Gasteiger partial charge in [-0.1, -0.05) is 12.1 Å². The number of amides is 2. The van der Waals surface area contributed by atoms with E-state index in [1.807, 2.05) is 12.1 Å². The van der Waals surface area contributed by atoms with Crippen molar-refractivity contribution in [1.29, 1.82) is 0 Å². The largest absolute Gasteiger partial charge is 0.459 e. The molecule has 0 aliphatic carbocycles. The maximum atomic E-state index is 12.1. The molecule has 0 radical (unpaired) electrons. The second-order valence-electron chi connectivity index (χ2n) is 5.71. The fraction of sp³-hybridized carbons (Fsp3) is 0. The van der Waals surface area contributed by atoms with Crippen LogP contribution in [0.5, 0.6) is 0 Å². The molecule has 0 atom stereocenters. The summed E-state index contributed by atoms with van der Waals surface area (Å²) in [6, 6.07) is 15.6. The average Bonchev–Trinajstić information content (AvgIpc) is 3.31. The molecule has 0 saturated carbocycles. The lowest BCUT2D eigenvalue weighted by atomic mass is 10.0. The highest BCUT2D eigenvalue weighted by molar-refractivity contribution is 6.03. The van der Waals surface area contributed by atoms with Crippen LogP contribution in [-0.2, 0) is 0 Å². The van der Waals surface area contributed by atoms with Gasteiger partial charge in [-0.25, -0.2) is 0 Å². The molecule has 0 aliphatic heterocycles. The van der Waals surface area contributed by atoms with Crippen molar-refractivity contribution in [2.24, 2.45) is 5.73 Å². The molecule has 0 spiro atoms. The van der Waals surface area contributed by atoms with Crippen LogP contribution in [0.4, 0.5) is 5.69 Å². The fourth-order valence-electron chi connectivity index (χ4n) is 2.73. The van der Waals surface area contributed by atoms with Crippen LogP contribution in [0.1, 0.15) is 20.9 Å². The zero-order valence-electron chi connectivity index (χ0n) is 13.5. The maximum absolute atomic E-state index is 12.1. The number of furan rings is 1. The first-order valence-electron chi connectivity index (χ1n) is 7.85. The quantitative estimate of drug-likeness (QED) is 0.526. The molecule has 26 heavy (non-hydrogen) atoms. The predicted molar refractivity (Wildman–Crippen MR) is 96.7 cm³/mol. The van der Waals surface area contributed by atoms with Crippen LogP contribution in [-0.4, -0.2) is 22.0 Å². The molecular weight excluding hydrogens is 332 g/mol. The maximum Gasteiger partial charge on any atom is 0.291 e. The molecule has 0 saturated heterocycles. The zero-order valence-corrected chi connectivity index (χ0v) is 13.5. The van der Waals surface area contributed by atoms with Crippen molar-refractivity contribution >= 4 is 28.4 Å². The van der Waals surface area contributed by atoms with E-state index in [9.17, 15) is 9.59 Å². The molecule has 2 heterocycles. The Labute approximate surface area is 147 Å². The number of fused-ring (bicyclic) bond motifs is 1. The lowest BCUT2D eigenvalue weighted by Crippen LogP contribution is -2.10. The summed E-state index contributed by atoms with van der Waals surface area (Å²) in [6.07, 6.45) is 1.44. The summed E-state index contributed by atoms with van der Waals surface area (Å²) in [7, 11) is 0. The Hall–Kier alpha value is -3.87. The van der Waals surface area contributed by atoms with Crippen LogP contribution < -0.4 is 11.1 Å². The Balaban J connectivity index is 1.70. The van der Waals surface area contributed by atoms with Crippen LogP contribution in [0.2, 0.25) is 0 Å². The standard InChI is InChI=1S/C19H14N4O3/c20-18(24)12-6-7-15-14(10-12)17(23-22-15)11-3-1-4-13(9-11)21-19(25)16-5-2-8-26-16/h1-10H,(H2,20,24)(H,21,25)(H,22,23). The molecule has 2 aromatic carbocycles. The monoisotopic (exact) mass is 346 g/mol. The fourth-order valence-corrected chi connectivity index (χ4v) is 2.73. The van der Waals surface area contributed by atoms with Gasteiger partial charge < -0.3 is 15.5 Å². The smallest absolute Gasteiger partial charge is 0.291 e. The number of hydrogen-bond donors (Lipinski definition) is 3. The van der Waals surface area contributed by atoms with Crippen LogP contribution in [0, 0.1) is 0 Å². The van der Waals surface area contributed by atoms with Gasteiger partial charge in [0.15, 0.2) is 5.76 Å². The minimum Gasteiger partial charge on any atom is -0.459 e. The number of carbonyl (C=O) groups excluding carboxylic acids is 2. The molecular formula is C19H14N4O3. The minimum atomic E-state index is -0.501. The normalized spacial score (nSPS) is 10.8. The molecule has 0 aliphatic rings. The summed E-state index contributed by atoms with van der Waals surface area (Å²) in [5, 5.41) is 10.8. The molecule has 0 fully saturated rings. The van der Waals surface area contributed by atoms with Crippen molar-refractivity contribution < 1.29 is 14.0 Å². The Morgan fingerprint density at radius 3 is 2.73 bits per heavy atom. The van der Waals surface area contributed by atoms with Gasteiger partial charge in [0.25, 0.3) is 5.91 Å². The van der Waals surface area contributed by atoms with E-state index in [0.717, 1.165) is 16.5 Å². The molecule has 7 nitrogen and oxygen atoms in total. The summed E-state index contributed by atoms with van der Waals surface area (Å²) in [6.45, 7) is 0. The first kappa shape index (κ1) is 15.6. The van der Waals surface area contributed by atoms with Crippen LogP contribution >= 0.6 is 0 Å². The molecule has 4 rings (SSSR count). The van der Waals surface area contributed by atoms with Crippen LogP contribution in [0.25, 0.3) is 22.2 Å². The zero-order chi connectivity index (χ0) is 18.1. The number of aromatic amines is 1. The third-order valence-corrected chi connectivity index (χ3v) is 3.99. The molecule has 128 valence electrons. The Bertz CT molecular complexity index is 1110. The Morgan fingerprint density at radius 2 is 1.96 bits per heavy atom. The number of H-pyrrole nitrogens is 1. The van der Waals surface area contributed by atoms with Gasteiger partial charge in [0.1, 0.15) is 0 Å². The van der Waals surface area contributed by atoms with Crippen LogP contribution in [0.3, 0.4) is 0 Å². The summed E-state index contributed by atoms with van der Waals surface area (Å²) < 4.78 is 5.09. The van der Waals surface area contributed by atoms with Gasteiger partial charge in [-0.2, -0.15) is 5.10 Å². The number of hydrogen-bond acceptors (Lipinski definition) is 4. The van der Waals surface area contributed by atoms with E-state index in [0.29, 0.717) is 16.9 Å². The van der Waals surface area contributed by atoms with Crippen molar-refractivity contribution in [3.05, 3.63) is 72.2 Å². The van der Waals surface area contributed by atoms with Gasteiger partial charge in [-0.15, -0.1) is 0 Å². The average molecular weight is 346 g/mol. The van der Waals surface area contributed by atoms with Crippen LogP contribution in [0.15, 0.2) is 65.3 Å². The predicted octanol–water partition coefficient (Wildman–Crippen LogP) is 3.17. The third kappa shape index (κ3) is 2.82. The van der Waals surface area contributed by atoms with E-state index in [1.165, 1.54) is 6.26 Å². The van der Waals surface area contributed by atoms with Gasteiger partial charge in [0, 0.05) is 22.2 Å². The van der Waals surface area contributed by atoms with Gasteiger partial charge in [0.2, 0.25) is 5.91 Å². The number of carbonyl (C=O) groups is 2. The van der Waals surface area contributed by atoms with Crippen molar-refractivity contribution in [1.82, 2.24) is 10.2 Å². The van der Waals surface area contributed by atoms with Crippen molar-refractivity contribution in [3.63, 3.8) is 0 Å². The van der Waals surface area contributed by atoms with E-state index in [2.05, 4.69) is 15.5 Å². The van der Waals surface area contributed by atoms with E-state index >= 15 is 0 Å². The second kappa shape index (κ2) is 6.21. The van der Waals surface area contributed by atoms with Gasteiger partial charge in [-0.3, -0.25) is 14.7 Å². The minimum absolute atomic E-state index is 0.228. The van der Waals surface area contributed by atoms with E-state index < -0.39 is 5.91 Å². The summed E-state index contributed by atoms with van der Waals surface area (Å²) >= 11 is 0. The number of aromatic nitrogens is 2. The highest BCUT2D eigenvalue weighted by Gasteiger charge is 2.13. The number of anilines is 1. The summed E-state index contributed by atoms with van der Waals surface area (Å²) in [5.74, 6) is -0.611. The molecule has 4 N–H and O–H groups in total. The molecule has 2 aromatic heterocycles. The lowest BCUT2D eigenvalue weighted by molar-refractivity contribution is 0.0990. The van der Waals surface area contributed by atoms with E-state index in [-0.39, 0.29) is 11.7 Å². The topological polar surface area (TPSA) is 114 Å². The number of benzene rings is 2. The van der Waals surface area contributed by atoms with Crippen molar-refractivity contribution in [2.75, 3.05) is 5.32 Å². The van der Waals surface area contributed by atoms with Gasteiger partial charge in [0.05, 0.1) is 17.5 Å². The number of nitrogens with two attached hydrogens (primary N) is 1. The lowest BCUT2D eigenvalue weighted by Gasteiger charge is -2.05. The van der Waals surface area contributed by atoms with Crippen molar-refractivity contribution in [2.45, 2.75) is 0 Å². The SMILES string of the molecule is NC(=O)c1ccc2[nH]nc(-c3cccc(NC(=O)c4ccco4)c3)c2c1. The van der Waals surface area contributed by atoms with Crippen molar-refractivity contribution in [3.8, 4) is 11.3 Å². The van der Waals surface area contributed by atoms with Gasteiger partial charge >= 0.3 is 0 Å². The number of rotatable bonds is 4. The number of nitrogens with zero attached hydrogens (tertiary/aromatic N) is 1. The van der Waals surface area contributed by atoms with E-state index in [1.54, 1.807) is 42.5 Å². The molecule has 4 aromatic rings. The van der Waals surface area contributed by atoms with E-state index in [4.69, 9.17) is 10.2 Å². The molecule has 2 amide bonds. The first-order chi connectivity index (χ1) is 12.6. The molecule has 0 bridgehead atoms. The number of primary amides is 1. The number of nitrogens with one attached hydrogen (secondary N) is 2. The summed E-state index contributed by atoms with van der Waals surface area (Å²) in [4.78, 5) is 23.6. The van der Waals surface area contributed by atoms with Gasteiger partial charge in [-0.05, 0) is 42.5 Å². The third-order valence-electron chi connectivity index (χ3n) is 3.99. The Kier molecular flexibility index (Phi) is 3.74. The molecule has 0 unspecified atom stereocenters. The highest BCUT2D eigenvalue weighted by Crippen LogP contribution is 2.29. The first-order valence-corrected chi connectivity index (χ1v) is 7.85. The highest BCUT2D eigenvalue weighted by atomic mass is 16.3. The second-order valence-corrected chi connectivity index (χ2v) is 5.71.